The molecule has 0 aromatic heterocycles. The molecular formula is C7H14O3S2. The van der Waals surface area contributed by atoms with Crippen LogP contribution in [0, 0.1) is 0 Å². The van der Waals surface area contributed by atoms with Crippen molar-refractivity contribution in [2.75, 3.05) is 24.4 Å². The standard InChI is InChI=1S/C7H14O3S2/c1-10-7(6-12(8)9)3-2-4-11-5-7/h2-6H2,1H3,(H,8,9). The van der Waals surface area contributed by atoms with Gasteiger partial charge in [-0.15, -0.1) is 0 Å². The summed E-state index contributed by atoms with van der Waals surface area (Å²) in [4.78, 5) is 0. The fourth-order valence-electron chi connectivity index (χ4n) is 1.39. The van der Waals surface area contributed by atoms with Crippen LogP contribution in [0.1, 0.15) is 12.8 Å². The highest BCUT2D eigenvalue weighted by atomic mass is 32.2. The van der Waals surface area contributed by atoms with Gasteiger partial charge >= 0.3 is 0 Å². The van der Waals surface area contributed by atoms with Crippen LogP contribution in [0.2, 0.25) is 0 Å². The highest BCUT2D eigenvalue weighted by Crippen LogP contribution is 2.29. The average Bonchev–Trinajstić information content (AvgIpc) is 2.05. The van der Waals surface area contributed by atoms with Gasteiger partial charge in [0.15, 0.2) is 11.1 Å². The molecular weight excluding hydrogens is 196 g/mol. The Kier molecular flexibility index (Phi) is 4.02. The van der Waals surface area contributed by atoms with Crippen molar-refractivity contribution in [3.63, 3.8) is 0 Å². The molecule has 0 radical (unpaired) electrons. The molecule has 0 spiro atoms. The number of ether oxygens (including phenoxy) is 1. The molecule has 0 aromatic carbocycles. The summed E-state index contributed by atoms with van der Waals surface area (Å²) in [6.07, 6.45) is 1.98. The molecule has 2 atom stereocenters. The van der Waals surface area contributed by atoms with Crippen molar-refractivity contribution in [3.8, 4) is 0 Å². The van der Waals surface area contributed by atoms with Crippen molar-refractivity contribution in [1.29, 1.82) is 0 Å². The quantitative estimate of drug-likeness (QED) is 0.709. The third kappa shape index (κ3) is 2.73. The first-order chi connectivity index (χ1) is 5.68. The predicted molar refractivity (Wildman–Crippen MR) is 51.9 cm³/mol. The van der Waals surface area contributed by atoms with Crippen molar-refractivity contribution < 1.29 is 13.5 Å². The maximum absolute atomic E-state index is 10.7. The Morgan fingerprint density at radius 3 is 2.92 bits per heavy atom. The van der Waals surface area contributed by atoms with Gasteiger partial charge in [0.05, 0.1) is 11.4 Å². The zero-order valence-electron chi connectivity index (χ0n) is 7.12. The largest absolute Gasteiger partial charge is 0.376 e. The summed E-state index contributed by atoms with van der Waals surface area (Å²) in [7, 11) is 1.62. The lowest BCUT2D eigenvalue weighted by Gasteiger charge is -2.34. The Bertz CT molecular complexity index is 166. The number of hydrogen-bond acceptors (Lipinski definition) is 3. The molecule has 5 heteroatoms. The molecule has 72 valence electrons. The van der Waals surface area contributed by atoms with E-state index in [9.17, 15) is 4.21 Å². The summed E-state index contributed by atoms with van der Waals surface area (Å²) in [5, 5.41) is 0. The normalized spacial score (nSPS) is 33.2. The maximum Gasteiger partial charge on any atom is 0.155 e. The van der Waals surface area contributed by atoms with Gasteiger partial charge in [-0.25, -0.2) is 4.21 Å². The summed E-state index contributed by atoms with van der Waals surface area (Å²) in [6.45, 7) is 0. The third-order valence-corrected chi connectivity index (χ3v) is 4.19. The Balaban J connectivity index is 2.53. The fraction of sp³-hybridized carbons (Fsp3) is 1.00. The van der Waals surface area contributed by atoms with Crippen LogP contribution in [0.4, 0.5) is 0 Å². The second kappa shape index (κ2) is 4.60. The monoisotopic (exact) mass is 210 g/mol. The van der Waals surface area contributed by atoms with Crippen LogP contribution < -0.4 is 0 Å². The van der Waals surface area contributed by atoms with Crippen molar-refractivity contribution in [2.45, 2.75) is 18.4 Å². The van der Waals surface area contributed by atoms with Crippen LogP contribution in [-0.2, 0) is 15.8 Å². The molecule has 1 fully saturated rings. The molecule has 0 aliphatic carbocycles. The first kappa shape index (κ1) is 10.5. The number of rotatable bonds is 3. The zero-order chi connectivity index (χ0) is 9.03. The number of thioether (sulfide) groups is 1. The first-order valence-electron chi connectivity index (χ1n) is 3.89. The predicted octanol–water partition coefficient (Wildman–Crippen LogP) is 1.12. The summed E-state index contributed by atoms with van der Waals surface area (Å²) in [5.41, 5.74) is -0.345. The van der Waals surface area contributed by atoms with Crippen molar-refractivity contribution in [3.05, 3.63) is 0 Å². The molecule has 3 nitrogen and oxygen atoms in total. The molecule has 1 aliphatic heterocycles. The summed E-state index contributed by atoms with van der Waals surface area (Å²) >= 11 is 0.0572. The Morgan fingerprint density at radius 1 is 1.75 bits per heavy atom. The lowest BCUT2D eigenvalue weighted by Crippen LogP contribution is -2.42. The highest BCUT2D eigenvalue weighted by Gasteiger charge is 2.34. The Morgan fingerprint density at radius 2 is 2.50 bits per heavy atom. The van der Waals surface area contributed by atoms with Crippen LogP contribution in [0.3, 0.4) is 0 Å². The van der Waals surface area contributed by atoms with Gasteiger partial charge in [-0.05, 0) is 18.6 Å². The van der Waals surface area contributed by atoms with E-state index < -0.39 is 11.1 Å². The second-order valence-electron chi connectivity index (χ2n) is 3.01. The zero-order valence-corrected chi connectivity index (χ0v) is 8.75. The molecule has 1 heterocycles. The van der Waals surface area contributed by atoms with Gasteiger partial charge in [0.1, 0.15) is 0 Å². The van der Waals surface area contributed by atoms with E-state index in [-0.39, 0.29) is 11.4 Å². The van der Waals surface area contributed by atoms with E-state index in [2.05, 4.69) is 0 Å². The summed E-state index contributed by atoms with van der Waals surface area (Å²) < 4.78 is 24.8. The van der Waals surface area contributed by atoms with Gasteiger partial charge in [0.2, 0.25) is 0 Å². The van der Waals surface area contributed by atoms with Crippen LogP contribution >= 0.6 is 11.8 Å². The molecule has 0 saturated carbocycles. The fourth-order valence-corrected chi connectivity index (χ4v) is 3.56. The van der Waals surface area contributed by atoms with Gasteiger partial charge in [-0.3, -0.25) is 0 Å². The molecule has 0 aromatic rings. The minimum Gasteiger partial charge on any atom is -0.376 e. The lowest BCUT2D eigenvalue weighted by molar-refractivity contribution is 0.0199. The van der Waals surface area contributed by atoms with Gasteiger partial charge in [0, 0.05) is 12.9 Å². The van der Waals surface area contributed by atoms with E-state index >= 15 is 0 Å². The van der Waals surface area contributed by atoms with Crippen molar-refractivity contribution >= 4 is 22.8 Å². The summed E-state index contributed by atoms with van der Waals surface area (Å²) in [5.74, 6) is 2.23. The molecule has 0 amide bonds. The summed E-state index contributed by atoms with van der Waals surface area (Å²) in [6, 6.07) is 0. The van der Waals surface area contributed by atoms with Crippen LogP contribution in [0.5, 0.6) is 0 Å². The molecule has 1 rings (SSSR count). The van der Waals surface area contributed by atoms with Gasteiger partial charge in [0.25, 0.3) is 0 Å². The van der Waals surface area contributed by atoms with E-state index in [1.165, 1.54) is 0 Å². The van der Waals surface area contributed by atoms with Crippen LogP contribution in [0.25, 0.3) is 0 Å². The van der Waals surface area contributed by atoms with Crippen molar-refractivity contribution in [2.24, 2.45) is 0 Å². The molecule has 12 heavy (non-hydrogen) atoms. The minimum absolute atomic E-state index is 0.247. The SMILES string of the molecule is COC1(CS(=O)O)CCCSC1. The smallest absolute Gasteiger partial charge is 0.155 e. The lowest BCUT2D eigenvalue weighted by atomic mass is 10.0. The highest BCUT2D eigenvalue weighted by molar-refractivity contribution is 7.99. The number of hydrogen-bond donors (Lipinski definition) is 1. The molecule has 2 unspecified atom stereocenters. The van der Waals surface area contributed by atoms with E-state index in [0.29, 0.717) is 0 Å². The average molecular weight is 210 g/mol. The Labute approximate surface area is 79.5 Å². The third-order valence-electron chi connectivity index (χ3n) is 2.11. The maximum atomic E-state index is 10.7. The topological polar surface area (TPSA) is 46.5 Å². The van der Waals surface area contributed by atoms with Gasteiger partial charge in [-0.2, -0.15) is 11.8 Å². The van der Waals surface area contributed by atoms with Crippen molar-refractivity contribution in [1.82, 2.24) is 0 Å². The molecule has 1 aliphatic rings. The van der Waals surface area contributed by atoms with E-state index in [1.54, 1.807) is 18.9 Å². The van der Waals surface area contributed by atoms with Crippen LogP contribution in [0.15, 0.2) is 0 Å². The minimum atomic E-state index is -1.74. The van der Waals surface area contributed by atoms with Crippen LogP contribution in [-0.4, -0.2) is 38.7 Å². The molecule has 1 N–H and O–H groups in total. The second-order valence-corrected chi connectivity index (χ2v) is 5.05. The molecule has 1 saturated heterocycles. The van der Waals surface area contributed by atoms with E-state index in [4.69, 9.17) is 9.29 Å². The molecule has 0 bridgehead atoms. The van der Waals surface area contributed by atoms with E-state index in [0.717, 1.165) is 24.3 Å². The van der Waals surface area contributed by atoms with E-state index in [1.807, 2.05) is 0 Å². The Hall–Kier alpha value is 0.420. The van der Waals surface area contributed by atoms with Gasteiger partial charge < -0.3 is 9.29 Å². The first-order valence-corrected chi connectivity index (χ1v) is 6.32. The van der Waals surface area contributed by atoms with Gasteiger partial charge in [-0.1, -0.05) is 0 Å². The number of methoxy groups -OCH3 is 1.